The normalized spacial score (nSPS) is 29.9. The molecule has 0 aromatic carbocycles. The Hall–Kier alpha value is -0.650. The maximum atomic E-state index is 12.2. The first-order valence-corrected chi connectivity index (χ1v) is 7.66. The Bertz CT molecular complexity index is 333. The van der Waals surface area contributed by atoms with Crippen molar-refractivity contribution in [2.24, 2.45) is 0 Å². The molecule has 20 heavy (non-hydrogen) atoms. The SMILES string of the molecule is CC1(C)CC(NC(=O)CC2COCCN2)CC(C)(C)N1. The van der Waals surface area contributed by atoms with Gasteiger partial charge < -0.3 is 20.7 Å². The average molecular weight is 283 g/mol. The minimum Gasteiger partial charge on any atom is -0.378 e. The van der Waals surface area contributed by atoms with E-state index in [9.17, 15) is 4.79 Å². The average Bonchev–Trinajstić information content (AvgIpc) is 2.25. The van der Waals surface area contributed by atoms with E-state index in [1.54, 1.807) is 0 Å². The molecule has 5 heteroatoms. The number of ether oxygens (including phenoxy) is 1. The Morgan fingerprint density at radius 1 is 1.25 bits per heavy atom. The van der Waals surface area contributed by atoms with Gasteiger partial charge in [-0.3, -0.25) is 4.79 Å². The first kappa shape index (κ1) is 15.7. The standard InChI is InChI=1S/C15H29N3O2/c1-14(2)8-12(9-15(3,4)18-14)17-13(19)7-11-10-20-6-5-16-11/h11-12,16,18H,5-10H2,1-4H3,(H,17,19). The Balaban J connectivity index is 1.83. The molecule has 2 fully saturated rings. The molecule has 3 N–H and O–H groups in total. The Labute approximate surface area is 122 Å². The number of carbonyl (C=O) groups excluding carboxylic acids is 1. The molecule has 1 amide bonds. The maximum Gasteiger partial charge on any atom is 0.221 e. The molecule has 1 atom stereocenters. The minimum atomic E-state index is 0.0614. The van der Waals surface area contributed by atoms with Gasteiger partial charge in [-0.1, -0.05) is 0 Å². The number of amides is 1. The zero-order chi connectivity index (χ0) is 14.8. The Morgan fingerprint density at radius 3 is 2.45 bits per heavy atom. The van der Waals surface area contributed by atoms with Crippen LogP contribution in [0.15, 0.2) is 0 Å². The van der Waals surface area contributed by atoms with E-state index >= 15 is 0 Å². The van der Waals surface area contributed by atoms with Gasteiger partial charge in [0.1, 0.15) is 0 Å². The van der Waals surface area contributed by atoms with Gasteiger partial charge in [0.05, 0.1) is 13.2 Å². The molecular weight excluding hydrogens is 254 g/mol. The van der Waals surface area contributed by atoms with Gasteiger partial charge in [0.15, 0.2) is 0 Å². The van der Waals surface area contributed by atoms with E-state index in [2.05, 4.69) is 43.6 Å². The topological polar surface area (TPSA) is 62.4 Å². The van der Waals surface area contributed by atoms with Crippen LogP contribution >= 0.6 is 0 Å². The van der Waals surface area contributed by atoms with Crippen LogP contribution in [-0.4, -0.2) is 48.8 Å². The molecule has 2 saturated heterocycles. The smallest absolute Gasteiger partial charge is 0.221 e. The second kappa shape index (κ2) is 6.00. The van der Waals surface area contributed by atoms with Crippen molar-refractivity contribution in [3.63, 3.8) is 0 Å². The van der Waals surface area contributed by atoms with Gasteiger partial charge in [0.25, 0.3) is 0 Å². The monoisotopic (exact) mass is 283 g/mol. The van der Waals surface area contributed by atoms with Crippen LogP contribution in [0.25, 0.3) is 0 Å². The molecule has 5 nitrogen and oxygen atoms in total. The predicted molar refractivity (Wildman–Crippen MR) is 79.7 cm³/mol. The molecule has 1 unspecified atom stereocenters. The van der Waals surface area contributed by atoms with E-state index in [0.717, 1.165) is 26.0 Å². The molecule has 0 aromatic rings. The van der Waals surface area contributed by atoms with E-state index in [1.165, 1.54) is 0 Å². The van der Waals surface area contributed by atoms with Gasteiger partial charge in [-0.05, 0) is 40.5 Å². The summed E-state index contributed by atoms with van der Waals surface area (Å²) in [4.78, 5) is 12.2. The van der Waals surface area contributed by atoms with Gasteiger partial charge in [0, 0.05) is 36.1 Å². The lowest BCUT2D eigenvalue weighted by Crippen LogP contribution is -2.62. The van der Waals surface area contributed by atoms with Crippen molar-refractivity contribution in [2.75, 3.05) is 19.8 Å². The summed E-state index contributed by atoms with van der Waals surface area (Å²) >= 11 is 0. The molecule has 2 rings (SSSR count). The molecule has 0 radical (unpaired) electrons. The molecule has 0 saturated carbocycles. The lowest BCUT2D eigenvalue weighted by atomic mass is 9.79. The van der Waals surface area contributed by atoms with Crippen LogP contribution in [0, 0.1) is 0 Å². The van der Waals surface area contributed by atoms with Crippen molar-refractivity contribution in [3.05, 3.63) is 0 Å². The van der Waals surface area contributed by atoms with Gasteiger partial charge >= 0.3 is 0 Å². The molecule has 0 bridgehead atoms. The van der Waals surface area contributed by atoms with E-state index < -0.39 is 0 Å². The largest absolute Gasteiger partial charge is 0.378 e. The van der Waals surface area contributed by atoms with Crippen LogP contribution < -0.4 is 16.0 Å². The third-order valence-electron chi connectivity index (χ3n) is 3.99. The highest BCUT2D eigenvalue weighted by Crippen LogP contribution is 2.28. The van der Waals surface area contributed by atoms with Crippen molar-refractivity contribution in [1.29, 1.82) is 0 Å². The summed E-state index contributed by atoms with van der Waals surface area (Å²) in [5.41, 5.74) is 0.123. The Kier molecular flexibility index (Phi) is 4.72. The maximum absolute atomic E-state index is 12.2. The number of hydrogen-bond donors (Lipinski definition) is 3. The number of nitrogens with one attached hydrogen (secondary N) is 3. The molecule has 0 aliphatic carbocycles. The predicted octanol–water partition coefficient (Wildman–Crippen LogP) is 0.790. The molecule has 0 aromatic heterocycles. The number of rotatable bonds is 3. The fourth-order valence-electron chi connectivity index (χ4n) is 3.69. The summed E-state index contributed by atoms with van der Waals surface area (Å²) in [6, 6.07) is 0.407. The summed E-state index contributed by atoms with van der Waals surface area (Å²) in [6.07, 6.45) is 2.44. The highest BCUT2D eigenvalue weighted by Gasteiger charge is 2.38. The zero-order valence-corrected chi connectivity index (χ0v) is 13.2. The van der Waals surface area contributed by atoms with E-state index in [1.807, 2.05) is 0 Å². The lowest BCUT2D eigenvalue weighted by molar-refractivity contribution is -0.123. The summed E-state index contributed by atoms with van der Waals surface area (Å²) in [6.45, 7) is 11.0. The molecule has 116 valence electrons. The van der Waals surface area contributed by atoms with Crippen molar-refractivity contribution in [3.8, 4) is 0 Å². The zero-order valence-electron chi connectivity index (χ0n) is 13.2. The van der Waals surface area contributed by atoms with E-state index in [-0.39, 0.29) is 29.1 Å². The van der Waals surface area contributed by atoms with Crippen molar-refractivity contribution >= 4 is 5.91 Å². The summed E-state index contributed by atoms with van der Waals surface area (Å²) in [7, 11) is 0. The summed E-state index contributed by atoms with van der Waals surface area (Å²) in [5.74, 6) is 0.131. The number of hydrogen-bond acceptors (Lipinski definition) is 4. The molecular formula is C15H29N3O2. The number of piperidine rings is 1. The van der Waals surface area contributed by atoms with Gasteiger partial charge in [-0.2, -0.15) is 0 Å². The number of carbonyl (C=O) groups is 1. The van der Waals surface area contributed by atoms with E-state index in [4.69, 9.17) is 4.74 Å². The summed E-state index contributed by atoms with van der Waals surface area (Å²) in [5, 5.41) is 10.2. The van der Waals surface area contributed by atoms with Crippen molar-refractivity contribution in [2.45, 2.75) is 70.1 Å². The second-order valence-corrected chi connectivity index (χ2v) is 7.50. The second-order valence-electron chi connectivity index (χ2n) is 7.50. The fraction of sp³-hybridized carbons (Fsp3) is 0.933. The van der Waals surface area contributed by atoms with Crippen LogP contribution in [-0.2, 0) is 9.53 Å². The van der Waals surface area contributed by atoms with Crippen LogP contribution in [0.2, 0.25) is 0 Å². The van der Waals surface area contributed by atoms with Crippen LogP contribution in [0.1, 0.15) is 47.0 Å². The quantitative estimate of drug-likeness (QED) is 0.717. The molecule has 0 spiro atoms. The van der Waals surface area contributed by atoms with Crippen molar-refractivity contribution in [1.82, 2.24) is 16.0 Å². The third kappa shape index (κ3) is 4.72. The minimum absolute atomic E-state index is 0.0614. The van der Waals surface area contributed by atoms with Crippen LogP contribution in [0.4, 0.5) is 0 Å². The summed E-state index contributed by atoms with van der Waals surface area (Å²) < 4.78 is 5.39. The molecule has 2 heterocycles. The van der Waals surface area contributed by atoms with Gasteiger partial charge in [-0.15, -0.1) is 0 Å². The molecule has 2 aliphatic rings. The Morgan fingerprint density at radius 2 is 1.90 bits per heavy atom. The first-order chi connectivity index (χ1) is 9.26. The fourth-order valence-corrected chi connectivity index (χ4v) is 3.69. The first-order valence-electron chi connectivity index (χ1n) is 7.66. The highest BCUT2D eigenvalue weighted by molar-refractivity contribution is 5.77. The molecule has 2 aliphatic heterocycles. The van der Waals surface area contributed by atoms with Crippen molar-refractivity contribution < 1.29 is 9.53 Å². The van der Waals surface area contributed by atoms with Gasteiger partial charge in [0.2, 0.25) is 5.91 Å². The third-order valence-corrected chi connectivity index (χ3v) is 3.99. The van der Waals surface area contributed by atoms with Crippen LogP contribution in [0.3, 0.4) is 0 Å². The van der Waals surface area contributed by atoms with Crippen LogP contribution in [0.5, 0.6) is 0 Å². The number of morpholine rings is 1. The van der Waals surface area contributed by atoms with Gasteiger partial charge in [-0.25, -0.2) is 0 Å². The lowest BCUT2D eigenvalue weighted by Gasteiger charge is -2.46. The highest BCUT2D eigenvalue weighted by atomic mass is 16.5. The van der Waals surface area contributed by atoms with E-state index in [0.29, 0.717) is 13.0 Å².